The molecule has 0 amide bonds. The van der Waals surface area contributed by atoms with Gasteiger partial charge in [-0.15, -0.1) is 0 Å². The van der Waals surface area contributed by atoms with Crippen LogP contribution in [0.5, 0.6) is 0 Å². The molecule has 0 saturated heterocycles. The maximum atomic E-state index is 11.0. The fourth-order valence-electron chi connectivity index (χ4n) is 1.20. The van der Waals surface area contributed by atoms with E-state index in [0.29, 0.717) is 17.1 Å². The average Bonchev–Trinajstić information content (AvgIpc) is 2.01. The van der Waals surface area contributed by atoms with Gasteiger partial charge in [0.05, 0.1) is 5.69 Å². The highest BCUT2D eigenvalue weighted by Gasteiger charge is 2.07. The molecule has 0 spiro atoms. The number of carbonyl (C=O) groups is 1. The lowest BCUT2D eigenvalue weighted by Gasteiger charge is -2.15. The van der Waals surface area contributed by atoms with Gasteiger partial charge in [-0.3, -0.25) is 9.59 Å². The summed E-state index contributed by atoms with van der Waals surface area (Å²) in [5.74, 6) is 0. The number of rotatable bonds is 2. The maximum absolute atomic E-state index is 11.0. The molecule has 0 aliphatic heterocycles. The number of nitrogens with zero attached hydrogens (tertiary/aromatic N) is 1. The normalized spacial score (nSPS) is 10.5. The number of pyridine rings is 1. The Morgan fingerprint density at radius 1 is 1.46 bits per heavy atom. The van der Waals surface area contributed by atoms with Crippen molar-refractivity contribution in [1.82, 2.24) is 4.57 Å². The van der Waals surface area contributed by atoms with Gasteiger partial charge in [-0.1, -0.05) is 11.6 Å². The fourth-order valence-corrected chi connectivity index (χ4v) is 1.60. The van der Waals surface area contributed by atoms with Crippen LogP contribution >= 0.6 is 11.6 Å². The van der Waals surface area contributed by atoms with E-state index in [1.807, 2.05) is 13.8 Å². The Bertz CT molecular complexity index is 382. The first kappa shape index (κ1) is 9.99. The van der Waals surface area contributed by atoms with Gasteiger partial charge in [-0.2, -0.15) is 0 Å². The third-order valence-corrected chi connectivity index (χ3v) is 1.99. The molecule has 0 aliphatic carbocycles. The number of hydrogen-bond acceptors (Lipinski definition) is 2. The van der Waals surface area contributed by atoms with E-state index in [0.717, 1.165) is 0 Å². The smallest absolute Gasteiger partial charge is 0.183 e. The van der Waals surface area contributed by atoms with Crippen LogP contribution in [0.4, 0.5) is 0 Å². The topological polar surface area (TPSA) is 39.1 Å². The zero-order valence-corrected chi connectivity index (χ0v) is 8.21. The van der Waals surface area contributed by atoms with Crippen LogP contribution in [0, 0.1) is 0 Å². The molecular formula is C9H10ClNO2. The van der Waals surface area contributed by atoms with Crippen LogP contribution in [-0.2, 0) is 0 Å². The lowest BCUT2D eigenvalue weighted by atomic mass is 10.3. The SMILES string of the molecule is CC(C)n1c(Cl)cc(=O)cc1C=O. The molecule has 0 saturated carbocycles. The molecule has 3 nitrogen and oxygen atoms in total. The minimum atomic E-state index is -0.246. The summed E-state index contributed by atoms with van der Waals surface area (Å²) < 4.78 is 1.61. The van der Waals surface area contributed by atoms with Crippen LogP contribution in [0.25, 0.3) is 0 Å². The van der Waals surface area contributed by atoms with Crippen molar-refractivity contribution in [1.29, 1.82) is 0 Å². The molecular weight excluding hydrogens is 190 g/mol. The Labute approximate surface area is 80.9 Å². The Balaban J connectivity index is 3.47. The fraction of sp³-hybridized carbons (Fsp3) is 0.333. The van der Waals surface area contributed by atoms with Crippen molar-refractivity contribution < 1.29 is 4.79 Å². The van der Waals surface area contributed by atoms with Crippen LogP contribution in [-0.4, -0.2) is 10.9 Å². The molecule has 0 bridgehead atoms. The van der Waals surface area contributed by atoms with Crippen molar-refractivity contribution in [2.75, 3.05) is 0 Å². The van der Waals surface area contributed by atoms with Gasteiger partial charge in [0, 0.05) is 18.2 Å². The van der Waals surface area contributed by atoms with Gasteiger partial charge in [-0.05, 0) is 13.8 Å². The molecule has 0 N–H and O–H groups in total. The molecule has 0 radical (unpaired) electrons. The summed E-state index contributed by atoms with van der Waals surface area (Å²) >= 11 is 5.81. The molecule has 0 fully saturated rings. The summed E-state index contributed by atoms with van der Waals surface area (Å²) in [6.45, 7) is 3.78. The van der Waals surface area contributed by atoms with E-state index in [2.05, 4.69) is 0 Å². The molecule has 0 unspecified atom stereocenters. The molecule has 0 aliphatic rings. The highest BCUT2D eigenvalue weighted by atomic mass is 35.5. The van der Waals surface area contributed by atoms with Gasteiger partial charge in [0.2, 0.25) is 0 Å². The van der Waals surface area contributed by atoms with E-state index >= 15 is 0 Å². The number of aromatic nitrogens is 1. The van der Waals surface area contributed by atoms with Crippen molar-refractivity contribution >= 4 is 17.9 Å². The van der Waals surface area contributed by atoms with E-state index in [9.17, 15) is 9.59 Å². The molecule has 4 heteroatoms. The second-order valence-corrected chi connectivity index (χ2v) is 3.41. The molecule has 1 aromatic heterocycles. The Morgan fingerprint density at radius 2 is 2.08 bits per heavy atom. The van der Waals surface area contributed by atoms with Crippen LogP contribution in [0.2, 0.25) is 5.15 Å². The van der Waals surface area contributed by atoms with Gasteiger partial charge in [0.25, 0.3) is 0 Å². The zero-order chi connectivity index (χ0) is 10.0. The first-order valence-electron chi connectivity index (χ1n) is 3.93. The molecule has 1 aromatic rings. The van der Waals surface area contributed by atoms with Crippen molar-refractivity contribution in [3.8, 4) is 0 Å². The summed E-state index contributed by atoms with van der Waals surface area (Å²) in [6.07, 6.45) is 0.632. The van der Waals surface area contributed by atoms with E-state index < -0.39 is 0 Å². The number of aldehydes is 1. The predicted molar refractivity (Wildman–Crippen MR) is 51.5 cm³/mol. The molecule has 0 aromatic carbocycles. The lowest BCUT2D eigenvalue weighted by molar-refractivity contribution is 0.111. The van der Waals surface area contributed by atoms with Gasteiger partial charge >= 0.3 is 0 Å². The summed E-state index contributed by atoms with van der Waals surface area (Å²) in [5, 5.41) is 0.296. The van der Waals surface area contributed by atoms with Crippen molar-refractivity contribution in [2.45, 2.75) is 19.9 Å². The maximum Gasteiger partial charge on any atom is 0.183 e. The Hall–Kier alpha value is -1.09. The largest absolute Gasteiger partial charge is 0.327 e. The first-order chi connectivity index (χ1) is 6.06. The van der Waals surface area contributed by atoms with Crippen molar-refractivity contribution in [3.63, 3.8) is 0 Å². The van der Waals surface area contributed by atoms with E-state index in [-0.39, 0.29) is 11.5 Å². The number of carbonyl (C=O) groups excluding carboxylic acids is 1. The summed E-state index contributed by atoms with van der Waals surface area (Å²) in [7, 11) is 0. The Kier molecular flexibility index (Phi) is 2.88. The minimum absolute atomic E-state index is 0.0632. The Morgan fingerprint density at radius 3 is 2.54 bits per heavy atom. The van der Waals surface area contributed by atoms with Crippen molar-refractivity contribution in [2.24, 2.45) is 0 Å². The van der Waals surface area contributed by atoms with Crippen LogP contribution in [0.3, 0.4) is 0 Å². The number of halogens is 1. The average molecular weight is 200 g/mol. The highest BCUT2D eigenvalue weighted by Crippen LogP contribution is 2.15. The van der Waals surface area contributed by atoms with Gasteiger partial charge in [0.15, 0.2) is 11.7 Å². The zero-order valence-electron chi connectivity index (χ0n) is 7.45. The molecule has 1 rings (SSSR count). The first-order valence-corrected chi connectivity index (χ1v) is 4.31. The second-order valence-electron chi connectivity index (χ2n) is 3.02. The van der Waals surface area contributed by atoms with Gasteiger partial charge in [0.1, 0.15) is 5.15 Å². The standard InChI is InChI=1S/C9H10ClNO2/c1-6(2)11-7(5-12)3-8(13)4-9(11)10/h3-6H,1-2H3. The molecule has 1 heterocycles. The monoisotopic (exact) mass is 199 g/mol. The van der Waals surface area contributed by atoms with Gasteiger partial charge in [-0.25, -0.2) is 0 Å². The van der Waals surface area contributed by atoms with E-state index in [1.54, 1.807) is 4.57 Å². The van der Waals surface area contributed by atoms with Crippen molar-refractivity contribution in [3.05, 3.63) is 33.2 Å². The van der Waals surface area contributed by atoms with Crippen LogP contribution < -0.4 is 5.43 Å². The highest BCUT2D eigenvalue weighted by molar-refractivity contribution is 6.29. The molecule has 0 atom stereocenters. The summed E-state index contributed by atoms with van der Waals surface area (Å²) in [5.41, 5.74) is 0.0662. The predicted octanol–water partition coefficient (Wildman–Crippen LogP) is 1.90. The third kappa shape index (κ3) is 1.98. The van der Waals surface area contributed by atoms with Gasteiger partial charge < -0.3 is 4.57 Å². The van der Waals surface area contributed by atoms with Crippen LogP contribution in [0.15, 0.2) is 16.9 Å². The third-order valence-electron chi connectivity index (χ3n) is 1.70. The van der Waals surface area contributed by atoms with E-state index in [4.69, 9.17) is 11.6 Å². The van der Waals surface area contributed by atoms with Crippen LogP contribution in [0.1, 0.15) is 30.4 Å². The quantitative estimate of drug-likeness (QED) is 0.539. The van der Waals surface area contributed by atoms with E-state index in [1.165, 1.54) is 12.1 Å². The minimum Gasteiger partial charge on any atom is -0.327 e. The molecule has 70 valence electrons. The molecule has 13 heavy (non-hydrogen) atoms. The lowest BCUT2D eigenvalue weighted by Crippen LogP contribution is -2.14. The summed E-state index contributed by atoms with van der Waals surface area (Å²) in [6, 6.07) is 2.64. The number of hydrogen-bond donors (Lipinski definition) is 0. The second kappa shape index (κ2) is 3.75. The summed E-state index contributed by atoms with van der Waals surface area (Å²) in [4.78, 5) is 21.6.